The Kier molecular flexibility index (Phi) is 8.61. The fraction of sp³-hybridized carbons (Fsp3) is 0.394. The van der Waals surface area contributed by atoms with Crippen molar-refractivity contribution in [1.29, 1.82) is 0 Å². The van der Waals surface area contributed by atoms with Crippen molar-refractivity contribution in [3.63, 3.8) is 0 Å². The maximum atomic E-state index is 13.9. The van der Waals surface area contributed by atoms with Gasteiger partial charge in [0, 0.05) is 19.6 Å². The topological polar surface area (TPSA) is 84.3 Å². The molecule has 0 unspecified atom stereocenters. The van der Waals surface area contributed by atoms with Crippen LogP contribution in [0.15, 0.2) is 84.0 Å². The molecule has 1 aliphatic heterocycles. The molecule has 4 aromatic rings. The van der Waals surface area contributed by atoms with Crippen LogP contribution in [0.5, 0.6) is 0 Å². The number of nitrogens with one attached hydrogen (secondary N) is 1. The second-order valence-corrected chi connectivity index (χ2v) is 13.6. The molecule has 7 nitrogen and oxygen atoms in total. The highest BCUT2D eigenvalue weighted by atomic mass is 32.2. The molecule has 2 atom stereocenters. The number of para-hydroxylation sites is 2. The second kappa shape index (κ2) is 12.2. The molecule has 8 heteroatoms. The summed E-state index contributed by atoms with van der Waals surface area (Å²) >= 11 is 0. The number of benzene rings is 3. The third-order valence-electron chi connectivity index (χ3n) is 8.21. The lowest BCUT2D eigenvalue weighted by Crippen LogP contribution is -2.53. The zero-order valence-corrected chi connectivity index (χ0v) is 25.1. The molecule has 5 rings (SSSR count). The minimum absolute atomic E-state index is 0.128. The molecular formula is C33H40N4O3S. The van der Waals surface area contributed by atoms with Crippen LogP contribution in [0, 0.1) is 5.92 Å². The number of nitrogens with zero attached hydrogens (tertiary/aromatic N) is 3. The molecule has 1 N–H and O–H groups in total. The molecule has 2 heterocycles. The first-order chi connectivity index (χ1) is 19.6. The number of piperidine rings is 1. The zero-order chi connectivity index (χ0) is 29.1. The summed E-state index contributed by atoms with van der Waals surface area (Å²) in [5, 5.41) is 3.04. The molecule has 216 valence electrons. The lowest BCUT2D eigenvalue weighted by Gasteiger charge is -2.37. The highest BCUT2D eigenvalue weighted by molar-refractivity contribution is 7.89. The van der Waals surface area contributed by atoms with Gasteiger partial charge < -0.3 is 9.88 Å². The van der Waals surface area contributed by atoms with Crippen LogP contribution in [0.3, 0.4) is 0 Å². The Balaban J connectivity index is 1.37. The van der Waals surface area contributed by atoms with Gasteiger partial charge in [0.15, 0.2) is 0 Å². The van der Waals surface area contributed by atoms with Gasteiger partial charge in [0.1, 0.15) is 6.04 Å². The number of amides is 1. The molecule has 41 heavy (non-hydrogen) atoms. The summed E-state index contributed by atoms with van der Waals surface area (Å²) in [7, 11) is -3.86. The number of carbonyl (C=O) groups is 1. The van der Waals surface area contributed by atoms with E-state index in [1.165, 1.54) is 9.87 Å². The van der Waals surface area contributed by atoms with Crippen LogP contribution in [0.4, 0.5) is 0 Å². The van der Waals surface area contributed by atoms with E-state index in [1.54, 1.807) is 12.1 Å². The summed E-state index contributed by atoms with van der Waals surface area (Å²) in [5.41, 5.74) is 5.27. The SMILES string of the molecule is CC(C)c1ccc(CNC(=O)[C@H]2C[C@H](Cn3cnc4ccccc43)CCN2S(=O)(=O)c2ccc(C(C)C)cc2)cc1. The van der Waals surface area contributed by atoms with Crippen LogP contribution < -0.4 is 5.32 Å². The Labute approximate surface area is 243 Å². The Morgan fingerprint density at radius 3 is 2.22 bits per heavy atom. The Morgan fingerprint density at radius 2 is 1.56 bits per heavy atom. The smallest absolute Gasteiger partial charge is 0.243 e. The standard InChI is InChI=1S/C33H40N4O3S/c1-23(2)27-11-9-25(10-12-27)20-34-33(38)32-19-26(21-36-22-35-30-7-5-6-8-31(30)36)17-18-37(32)41(39,40)29-15-13-28(14-16-29)24(3)4/h5-16,22-24,26,32H,17-21H2,1-4H3,(H,34,38)/t26-,32-/m1/s1. The van der Waals surface area contributed by atoms with E-state index >= 15 is 0 Å². The molecule has 3 aromatic carbocycles. The number of sulfonamides is 1. The van der Waals surface area contributed by atoms with E-state index in [0.29, 0.717) is 37.8 Å². The summed E-state index contributed by atoms with van der Waals surface area (Å²) in [5.74, 6) is 0.595. The molecule has 1 aliphatic rings. The predicted molar refractivity (Wildman–Crippen MR) is 163 cm³/mol. The summed E-state index contributed by atoms with van der Waals surface area (Å²) in [6, 6.07) is 22.4. The van der Waals surface area contributed by atoms with Crippen LogP contribution >= 0.6 is 0 Å². The maximum Gasteiger partial charge on any atom is 0.243 e. The van der Waals surface area contributed by atoms with Crippen molar-refractivity contribution in [2.45, 2.75) is 76.4 Å². The van der Waals surface area contributed by atoms with Crippen molar-refractivity contribution in [1.82, 2.24) is 19.2 Å². The van der Waals surface area contributed by atoms with Gasteiger partial charge in [-0.1, -0.05) is 76.2 Å². The molecule has 1 aromatic heterocycles. The second-order valence-electron chi connectivity index (χ2n) is 11.7. The van der Waals surface area contributed by atoms with E-state index in [9.17, 15) is 13.2 Å². The van der Waals surface area contributed by atoms with Crippen LogP contribution in [0.1, 0.15) is 69.1 Å². The van der Waals surface area contributed by atoms with Crippen molar-refractivity contribution in [2.24, 2.45) is 5.92 Å². The third kappa shape index (κ3) is 6.39. The molecule has 0 radical (unpaired) electrons. The van der Waals surface area contributed by atoms with Crippen molar-refractivity contribution in [3.8, 4) is 0 Å². The van der Waals surface area contributed by atoms with Gasteiger partial charge in [-0.15, -0.1) is 0 Å². The van der Waals surface area contributed by atoms with E-state index in [0.717, 1.165) is 22.2 Å². The normalized spacial score (nSPS) is 18.3. The van der Waals surface area contributed by atoms with Gasteiger partial charge in [-0.2, -0.15) is 4.31 Å². The molecule has 0 saturated carbocycles. The molecule has 1 amide bonds. The average Bonchev–Trinajstić information content (AvgIpc) is 3.38. The van der Waals surface area contributed by atoms with E-state index in [-0.39, 0.29) is 23.3 Å². The summed E-state index contributed by atoms with van der Waals surface area (Å²) in [6.07, 6.45) is 2.93. The largest absolute Gasteiger partial charge is 0.351 e. The van der Waals surface area contributed by atoms with E-state index in [4.69, 9.17) is 0 Å². The first-order valence-corrected chi connectivity index (χ1v) is 16.0. The van der Waals surface area contributed by atoms with Gasteiger partial charge >= 0.3 is 0 Å². The van der Waals surface area contributed by atoms with Crippen LogP contribution in [-0.4, -0.2) is 40.8 Å². The van der Waals surface area contributed by atoms with Crippen LogP contribution in [-0.2, 0) is 27.9 Å². The van der Waals surface area contributed by atoms with Crippen molar-refractivity contribution in [2.75, 3.05) is 6.54 Å². The minimum atomic E-state index is -3.86. The molecule has 1 fully saturated rings. The quantitative estimate of drug-likeness (QED) is 0.264. The molecule has 0 aliphatic carbocycles. The number of hydrogen-bond acceptors (Lipinski definition) is 4. The molecule has 1 saturated heterocycles. The van der Waals surface area contributed by atoms with E-state index in [2.05, 4.69) is 54.7 Å². The number of carbonyl (C=O) groups excluding carboxylic acids is 1. The molecule has 0 bridgehead atoms. The monoisotopic (exact) mass is 572 g/mol. The summed E-state index contributed by atoms with van der Waals surface area (Å²) in [4.78, 5) is 18.4. The van der Waals surface area contributed by atoms with Gasteiger partial charge in [-0.25, -0.2) is 13.4 Å². The summed E-state index contributed by atoms with van der Waals surface area (Å²) in [6.45, 7) is 9.76. The van der Waals surface area contributed by atoms with Gasteiger partial charge in [0.25, 0.3) is 0 Å². The first-order valence-electron chi connectivity index (χ1n) is 14.5. The van der Waals surface area contributed by atoms with Crippen molar-refractivity contribution < 1.29 is 13.2 Å². The highest BCUT2D eigenvalue weighted by Gasteiger charge is 2.40. The number of fused-ring (bicyclic) bond motifs is 1. The van der Waals surface area contributed by atoms with Crippen LogP contribution in [0.25, 0.3) is 11.0 Å². The van der Waals surface area contributed by atoms with Gasteiger partial charge in [0.2, 0.25) is 15.9 Å². The fourth-order valence-corrected chi connectivity index (χ4v) is 7.24. The van der Waals surface area contributed by atoms with Crippen LogP contribution in [0.2, 0.25) is 0 Å². The van der Waals surface area contributed by atoms with Crippen molar-refractivity contribution in [3.05, 3.63) is 95.8 Å². The van der Waals surface area contributed by atoms with E-state index < -0.39 is 16.1 Å². The number of hydrogen-bond donors (Lipinski definition) is 1. The van der Waals surface area contributed by atoms with Crippen molar-refractivity contribution >= 4 is 27.0 Å². The highest BCUT2D eigenvalue weighted by Crippen LogP contribution is 2.31. The molecule has 0 spiro atoms. The minimum Gasteiger partial charge on any atom is -0.351 e. The predicted octanol–water partition coefficient (Wildman–Crippen LogP) is 6.07. The zero-order valence-electron chi connectivity index (χ0n) is 24.3. The number of aromatic nitrogens is 2. The number of rotatable bonds is 9. The lowest BCUT2D eigenvalue weighted by atomic mass is 9.91. The Bertz CT molecular complexity index is 1590. The fourth-order valence-electron chi connectivity index (χ4n) is 5.63. The lowest BCUT2D eigenvalue weighted by molar-refractivity contribution is -0.126. The first kappa shape index (κ1) is 29.0. The number of imidazole rings is 1. The maximum absolute atomic E-state index is 13.9. The average molecular weight is 573 g/mol. The summed E-state index contributed by atoms with van der Waals surface area (Å²) < 4.78 is 31.3. The third-order valence-corrected chi connectivity index (χ3v) is 10.1. The molecular weight excluding hydrogens is 532 g/mol. The Hall–Kier alpha value is -3.49. The van der Waals surface area contributed by atoms with Gasteiger partial charge in [-0.05, 0) is 71.6 Å². The van der Waals surface area contributed by atoms with Gasteiger partial charge in [0.05, 0.1) is 22.3 Å². The van der Waals surface area contributed by atoms with E-state index in [1.807, 2.05) is 54.9 Å². The van der Waals surface area contributed by atoms with Gasteiger partial charge in [-0.3, -0.25) is 4.79 Å². The Morgan fingerprint density at radius 1 is 0.927 bits per heavy atom.